The van der Waals surface area contributed by atoms with Gasteiger partial charge in [0.05, 0.1) is 16.6 Å². The van der Waals surface area contributed by atoms with E-state index in [2.05, 4.69) is 15.9 Å². The number of ether oxygens (including phenoxy) is 1. The molecule has 0 radical (unpaired) electrons. The summed E-state index contributed by atoms with van der Waals surface area (Å²) in [7, 11) is 0. The second-order valence-electron chi connectivity index (χ2n) is 4.61. The maximum absolute atomic E-state index is 13.3. The molecule has 0 fully saturated rings. The molecule has 0 amide bonds. The molecular formula is C17H11FN2O2. The lowest BCUT2D eigenvalue weighted by Gasteiger charge is -2.00. The predicted molar refractivity (Wildman–Crippen MR) is 80.6 cm³/mol. The molecule has 108 valence electrons. The van der Waals surface area contributed by atoms with E-state index in [4.69, 9.17) is 11.2 Å². The molecule has 3 rings (SSSR count). The molecule has 0 saturated heterocycles. The Labute approximate surface area is 125 Å². The fourth-order valence-corrected chi connectivity index (χ4v) is 2.10. The summed E-state index contributed by atoms with van der Waals surface area (Å²) in [6, 6.07) is 11.1. The van der Waals surface area contributed by atoms with Crippen molar-refractivity contribution in [3.63, 3.8) is 0 Å². The minimum absolute atomic E-state index is 0.0750. The van der Waals surface area contributed by atoms with Gasteiger partial charge >= 0.3 is 5.97 Å². The van der Waals surface area contributed by atoms with Crippen LogP contribution in [0, 0.1) is 18.2 Å². The van der Waals surface area contributed by atoms with Crippen molar-refractivity contribution in [1.29, 1.82) is 0 Å². The number of nitrogens with one attached hydrogen (secondary N) is 1. The van der Waals surface area contributed by atoms with Gasteiger partial charge in [0.25, 0.3) is 0 Å². The van der Waals surface area contributed by atoms with Gasteiger partial charge < -0.3 is 9.72 Å². The van der Waals surface area contributed by atoms with Crippen molar-refractivity contribution in [3.8, 4) is 23.7 Å². The summed E-state index contributed by atoms with van der Waals surface area (Å²) in [6.45, 7) is -0.0750. The summed E-state index contributed by atoms with van der Waals surface area (Å²) < 4.78 is 18.2. The van der Waals surface area contributed by atoms with Crippen molar-refractivity contribution in [1.82, 2.24) is 9.97 Å². The lowest BCUT2D eigenvalue weighted by Crippen LogP contribution is -2.04. The zero-order valence-corrected chi connectivity index (χ0v) is 11.5. The average Bonchev–Trinajstić information content (AvgIpc) is 2.95. The van der Waals surface area contributed by atoms with Crippen LogP contribution in [0.15, 0.2) is 42.5 Å². The molecule has 0 bridgehead atoms. The number of fused-ring (bicyclic) bond motifs is 1. The van der Waals surface area contributed by atoms with Gasteiger partial charge in [0.1, 0.15) is 11.6 Å². The number of hydrogen-bond donors (Lipinski definition) is 1. The van der Waals surface area contributed by atoms with E-state index < -0.39 is 5.97 Å². The molecule has 0 aliphatic carbocycles. The number of hydrogen-bond acceptors (Lipinski definition) is 3. The van der Waals surface area contributed by atoms with E-state index in [1.54, 1.807) is 30.3 Å². The van der Waals surface area contributed by atoms with Crippen LogP contribution in [-0.4, -0.2) is 22.5 Å². The minimum Gasteiger partial charge on any atom is -0.449 e. The second kappa shape index (κ2) is 5.70. The molecule has 1 heterocycles. The molecule has 4 nitrogen and oxygen atoms in total. The van der Waals surface area contributed by atoms with Gasteiger partial charge in [-0.25, -0.2) is 14.2 Å². The van der Waals surface area contributed by atoms with Gasteiger partial charge in [0.15, 0.2) is 6.61 Å². The summed E-state index contributed by atoms with van der Waals surface area (Å²) >= 11 is 0. The van der Waals surface area contributed by atoms with E-state index in [0.29, 0.717) is 28.0 Å². The van der Waals surface area contributed by atoms with Gasteiger partial charge in [-0.1, -0.05) is 18.1 Å². The first-order chi connectivity index (χ1) is 10.7. The summed E-state index contributed by atoms with van der Waals surface area (Å²) in [5, 5.41) is 0. The molecule has 0 atom stereocenters. The summed E-state index contributed by atoms with van der Waals surface area (Å²) in [5.41, 5.74) is 2.34. The summed E-state index contributed by atoms with van der Waals surface area (Å²) in [6.07, 6.45) is 5.05. The highest BCUT2D eigenvalue weighted by atomic mass is 19.1. The van der Waals surface area contributed by atoms with Crippen molar-refractivity contribution in [2.75, 3.05) is 6.61 Å². The number of rotatable bonds is 3. The highest BCUT2D eigenvalue weighted by Gasteiger charge is 2.11. The third-order valence-electron chi connectivity index (χ3n) is 3.10. The fraction of sp³-hybridized carbons (Fsp3) is 0.0588. The van der Waals surface area contributed by atoms with E-state index in [9.17, 15) is 9.18 Å². The molecule has 0 spiro atoms. The molecule has 3 aromatic rings. The lowest BCUT2D eigenvalue weighted by atomic mass is 10.2. The third-order valence-corrected chi connectivity index (χ3v) is 3.10. The Kier molecular flexibility index (Phi) is 3.58. The van der Waals surface area contributed by atoms with E-state index in [-0.39, 0.29) is 12.4 Å². The van der Waals surface area contributed by atoms with Gasteiger partial charge in [-0.05, 0) is 30.3 Å². The lowest BCUT2D eigenvalue weighted by molar-refractivity contribution is 0.0557. The number of benzene rings is 2. The van der Waals surface area contributed by atoms with Crippen molar-refractivity contribution >= 4 is 17.0 Å². The Morgan fingerprint density at radius 3 is 2.95 bits per heavy atom. The van der Waals surface area contributed by atoms with Crippen LogP contribution < -0.4 is 0 Å². The van der Waals surface area contributed by atoms with Crippen LogP contribution in [0.1, 0.15) is 10.4 Å². The predicted octanol–water partition coefficient (Wildman–Crippen LogP) is 3.16. The zero-order chi connectivity index (χ0) is 15.5. The molecule has 1 aromatic heterocycles. The number of nitrogens with zero attached hydrogens (tertiary/aromatic N) is 1. The molecular weight excluding hydrogens is 283 g/mol. The first-order valence-corrected chi connectivity index (χ1v) is 6.53. The van der Waals surface area contributed by atoms with Crippen LogP contribution in [0.4, 0.5) is 4.39 Å². The number of aromatic nitrogens is 2. The van der Waals surface area contributed by atoms with Crippen LogP contribution in [0.5, 0.6) is 0 Å². The van der Waals surface area contributed by atoms with Crippen LogP contribution in [0.3, 0.4) is 0 Å². The number of aromatic amines is 1. The van der Waals surface area contributed by atoms with Crippen molar-refractivity contribution < 1.29 is 13.9 Å². The fourth-order valence-electron chi connectivity index (χ4n) is 2.10. The first kappa shape index (κ1) is 13.8. The summed E-state index contributed by atoms with van der Waals surface area (Å²) in [4.78, 5) is 19.2. The van der Waals surface area contributed by atoms with E-state index >= 15 is 0 Å². The number of carbonyl (C=O) groups is 1. The molecule has 1 N–H and O–H groups in total. The average molecular weight is 294 g/mol. The number of terminal acetylenes is 1. The molecule has 0 unspecified atom stereocenters. The molecule has 22 heavy (non-hydrogen) atoms. The van der Waals surface area contributed by atoms with E-state index in [1.807, 2.05) is 0 Å². The van der Waals surface area contributed by atoms with Crippen molar-refractivity contribution in [2.45, 2.75) is 0 Å². The van der Waals surface area contributed by atoms with Gasteiger partial charge in [-0.3, -0.25) is 0 Å². The van der Waals surface area contributed by atoms with Crippen molar-refractivity contribution in [3.05, 3.63) is 53.8 Å². The Morgan fingerprint density at radius 1 is 1.32 bits per heavy atom. The van der Waals surface area contributed by atoms with E-state index in [1.165, 1.54) is 12.1 Å². The molecule has 0 aliphatic rings. The Morgan fingerprint density at radius 2 is 2.18 bits per heavy atom. The number of H-pyrrole nitrogens is 1. The number of halogens is 1. The molecule has 0 saturated carbocycles. The number of esters is 1. The number of imidazole rings is 1. The van der Waals surface area contributed by atoms with E-state index in [0.717, 1.165) is 0 Å². The van der Waals surface area contributed by atoms with Crippen LogP contribution >= 0.6 is 0 Å². The maximum atomic E-state index is 13.3. The summed E-state index contributed by atoms with van der Waals surface area (Å²) in [5.74, 6) is 1.93. The van der Waals surface area contributed by atoms with Gasteiger partial charge in [0, 0.05) is 5.56 Å². The first-order valence-electron chi connectivity index (χ1n) is 6.53. The number of carbonyl (C=O) groups excluding carboxylic acids is 1. The van der Waals surface area contributed by atoms with Gasteiger partial charge in [-0.2, -0.15) is 0 Å². The van der Waals surface area contributed by atoms with Gasteiger partial charge in [-0.15, -0.1) is 6.42 Å². The highest BCUT2D eigenvalue weighted by molar-refractivity contribution is 5.94. The largest absolute Gasteiger partial charge is 0.449 e. The Hall–Kier alpha value is -3.13. The third kappa shape index (κ3) is 2.67. The quantitative estimate of drug-likeness (QED) is 0.596. The zero-order valence-electron chi connectivity index (χ0n) is 11.5. The van der Waals surface area contributed by atoms with Gasteiger partial charge in [0.2, 0.25) is 0 Å². The molecule has 0 aliphatic heterocycles. The van der Waals surface area contributed by atoms with Crippen LogP contribution in [0.2, 0.25) is 0 Å². The second-order valence-corrected chi connectivity index (χ2v) is 4.61. The smallest absolute Gasteiger partial charge is 0.339 e. The standard InChI is InChI=1S/C17H11FN2O2/c1-2-8-22-17(21)12-6-7-14-15(10-12)20-16(19-14)11-4-3-5-13(18)9-11/h1,3-7,9-10H,8H2,(H,19,20). The van der Waals surface area contributed by atoms with Crippen LogP contribution in [-0.2, 0) is 4.74 Å². The minimum atomic E-state index is -0.498. The Balaban J connectivity index is 1.97. The molecule has 5 heteroatoms. The Bertz CT molecular complexity index is 893. The highest BCUT2D eigenvalue weighted by Crippen LogP contribution is 2.22. The molecule has 2 aromatic carbocycles. The van der Waals surface area contributed by atoms with Crippen LogP contribution in [0.25, 0.3) is 22.4 Å². The monoisotopic (exact) mass is 294 g/mol. The van der Waals surface area contributed by atoms with Crippen molar-refractivity contribution in [2.24, 2.45) is 0 Å². The maximum Gasteiger partial charge on any atom is 0.339 e. The topological polar surface area (TPSA) is 55.0 Å². The normalized spacial score (nSPS) is 10.4. The SMILES string of the molecule is C#CCOC(=O)c1ccc2nc(-c3cccc(F)c3)[nH]c2c1.